The minimum absolute atomic E-state index is 0.547. The molecule has 0 heterocycles. The summed E-state index contributed by atoms with van der Waals surface area (Å²) < 4.78 is 0. The molecule has 21 aliphatic carbocycles. The smallest absolute Gasteiger partial charge is 0.0241 e. The summed E-state index contributed by atoms with van der Waals surface area (Å²) in [5.41, 5.74) is 5.24. The van der Waals surface area contributed by atoms with Gasteiger partial charge in [0.1, 0.15) is 0 Å². The summed E-state index contributed by atoms with van der Waals surface area (Å²) in [5, 5.41) is 0. The fourth-order valence-electron chi connectivity index (χ4n) is 30.8. The molecule has 612 valence electrons. The van der Waals surface area contributed by atoms with Gasteiger partial charge in [-0.25, -0.2) is 0 Å². The largest absolute Gasteiger partial charge is 0.0599 e. The van der Waals surface area contributed by atoms with Crippen molar-refractivity contribution in [3.05, 3.63) is 0 Å². The van der Waals surface area contributed by atoms with Crippen LogP contribution in [0.15, 0.2) is 0 Å². The van der Waals surface area contributed by atoms with Gasteiger partial charge in [0.05, 0.1) is 0 Å². The first-order valence-corrected chi connectivity index (χ1v) is 49.0. The highest BCUT2D eigenvalue weighted by molar-refractivity contribution is 5.06. The predicted molar refractivity (Wildman–Crippen MR) is 463 cm³/mol. The minimum atomic E-state index is 0.547. The Kier molecular flexibility index (Phi) is 30.3. The summed E-state index contributed by atoms with van der Waals surface area (Å²) >= 11 is 0. The third-order valence-corrected chi connectivity index (χ3v) is 36.5. The standard InChI is InChI=1S/C15H28.C14H24.C14H26.2C13H24.3C12H22/c1-15(2,3)14-10-12-6-4-5-7-13(11-14)9-8-12;1-13(2,3)14-7-10-4-11(8-14)6-12(5-10)9-14;1-14(2,3)13-10-8-11-5-4-6-12(13)9-7-11;1-13(2,3)12-9-6-10-4-7-11(12)8-5-10;1-13(2,3)12-10-6-4-7-11(12)9-5-8-10;1-12(2,3)11-7-5-9-4-6-10(11)8-9;2*1-12(2,3)11-8-9-4-6-10(11)7-5-9/h12-14H,4-11H2,1-3H3;10-12H,4-9H2,1-3H3;11-13H,4-10H2,1-3H3;2*10-12H,4-9H2,1-3H3;3*9-11H,4-8H2,1-3H3. The van der Waals surface area contributed by atoms with Crippen molar-refractivity contribution in [3.8, 4) is 0 Å². The highest BCUT2D eigenvalue weighted by Crippen LogP contribution is 2.66. The molecular formula is C105H192. The molecule has 0 aliphatic heterocycles. The number of fused-ring (bicyclic) bond motifs is 20. The first-order chi connectivity index (χ1) is 49.0. The molecule has 21 fully saturated rings. The summed E-state index contributed by atoms with van der Waals surface area (Å²) in [5.74, 6) is 25.6. The molecule has 21 rings (SSSR count). The molecular weight excluding hydrogens is 1260 g/mol. The molecule has 0 aromatic rings. The van der Waals surface area contributed by atoms with E-state index in [1.165, 1.54) is 263 Å². The SMILES string of the molecule is CC(C)(C)C12CC3CC(CC(C3)C1)C2.CC(C)(C)C1C2CCCC1CCC2.CC(C)(C)C1CC2CCC1CC2.CC(C)(C)C1CC2CCC1CC2.CC(C)(C)C1CC2CCCCC(CC2)C1.CC(C)(C)C1CCC2CCC1C2.CC(C)(C)C1CCC2CCC1CC2.CC(C)(C)C1CCC2CCCC1CC2. The van der Waals surface area contributed by atoms with Gasteiger partial charge in [-0.15, -0.1) is 0 Å². The van der Waals surface area contributed by atoms with Crippen LogP contribution < -0.4 is 0 Å². The molecule has 0 heteroatoms. The van der Waals surface area contributed by atoms with Crippen LogP contribution in [0.2, 0.25) is 0 Å². The highest BCUT2D eigenvalue weighted by Gasteiger charge is 2.56. The molecule has 0 saturated heterocycles. The Labute approximate surface area is 661 Å². The maximum atomic E-state index is 2.49. The summed E-state index contributed by atoms with van der Waals surface area (Å²) in [6, 6.07) is 0. The maximum absolute atomic E-state index is 2.49. The topological polar surface area (TPSA) is 0 Å². The van der Waals surface area contributed by atoms with Gasteiger partial charge in [-0.1, -0.05) is 333 Å². The second-order valence-corrected chi connectivity index (χ2v) is 51.8. The zero-order chi connectivity index (χ0) is 76.3. The van der Waals surface area contributed by atoms with Crippen LogP contribution in [-0.2, 0) is 0 Å². The van der Waals surface area contributed by atoms with Crippen LogP contribution in [0.1, 0.15) is 474 Å². The van der Waals surface area contributed by atoms with E-state index in [4.69, 9.17) is 0 Å². The van der Waals surface area contributed by atoms with Gasteiger partial charge < -0.3 is 0 Å². The van der Waals surface area contributed by atoms with Gasteiger partial charge in [0.25, 0.3) is 0 Å². The number of hydrogen-bond donors (Lipinski definition) is 0. The van der Waals surface area contributed by atoms with E-state index in [-0.39, 0.29) is 0 Å². The number of rotatable bonds is 0. The van der Waals surface area contributed by atoms with Gasteiger partial charge >= 0.3 is 0 Å². The van der Waals surface area contributed by atoms with Crippen LogP contribution in [0.4, 0.5) is 0 Å². The molecule has 0 aromatic carbocycles. The van der Waals surface area contributed by atoms with E-state index < -0.39 is 0 Å². The monoisotopic (exact) mass is 1450 g/mol. The third kappa shape index (κ3) is 24.3. The van der Waals surface area contributed by atoms with Crippen molar-refractivity contribution < 1.29 is 0 Å². The van der Waals surface area contributed by atoms with Crippen molar-refractivity contribution in [1.29, 1.82) is 0 Å². The van der Waals surface area contributed by atoms with Crippen molar-refractivity contribution in [2.24, 2.45) is 191 Å². The van der Waals surface area contributed by atoms with E-state index in [0.717, 1.165) is 147 Å². The second-order valence-electron chi connectivity index (χ2n) is 51.8. The summed E-state index contributed by atoms with van der Waals surface area (Å²) in [7, 11) is 0. The lowest BCUT2D eigenvalue weighted by atomic mass is 9.43. The Balaban J connectivity index is 0.000000129. The molecule has 0 nitrogen and oxygen atoms in total. The molecule has 21 aliphatic rings. The molecule has 0 spiro atoms. The maximum Gasteiger partial charge on any atom is -0.0241 e. The molecule has 0 amide bonds. The molecule has 0 aromatic heterocycles. The quantitative estimate of drug-likeness (QED) is 0.227. The van der Waals surface area contributed by atoms with Crippen molar-refractivity contribution in [3.63, 3.8) is 0 Å². The van der Waals surface area contributed by atoms with Crippen LogP contribution in [0.3, 0.4) is 0 Å². The Bertz CT molecular complexity index is 2350. The Morgan fingerprint density at radius 2 is 0.429 bits per heavy atom. The molecule has 21 saturated carbocycles. The Hall–Kier alpha value is 0. The van der Waals surface area contributed by atoms with Crippen LogP contribution in [0.25, 0.3) is 0 Å². The normalized spacial score (nSPS) is 41.8. The molecule has 11 unspecified atom stereocenters. The van der Waals surface area contributed by atoms with Gasteiger partial charge in [-0.3, -0.25) is 0 Å². The van der Waals surface area contributed by atoms with Gasteiger partial charge in [0, 0.05) is 0 Å². The van der Waals surface area contributed by atoms with Crippen LogP contribution in [-0.4, -0.2) is 0 Å². The van der Waals surface area contributed by atoms with Gasteiger partial charge in [-0.05, 0) is 332 Å². The summed E-state index contributed by atoms with van der Waals surface area (Å²) in [6.45, 7) is 58.7. The van der Waals surface area contributed by atoms with Crippen molar-refractivity contribution in [2.45, 2.75) is 474 Å². The molecule has 0 N–H and O–H groups in total. The predicted octanol–water partition coefficient (Wildman–Crippen LogP) is 34.0. The summed E-state index contributed by atoms with van der Waals surface area (Å²) in [4.78, 5) is 0. The fourth-order valence-corrected chi connectivity index (χ4v) is 30.8. The number of hydrogen-bond acceptors (Lipinski definition) is 0. The van der Waals surface area contributed by atoms with Crippen LogP contribution >= 0.6 is 0 Å². The van der Waals surface area contributed by atoms with E-state index >= 15 is 0 Å². The Morgan fingerprint density at radius 3 is 0.752 bits per heavy atom. The summed E-state index contributed by atoms with van der Waals surface area (Å²) in [6.07, 6.45) is 73.7. The van der Waals surface area contributed by atoms with E-state index in [1.807, 2.05) is 0 Å². The lowest BCUT2D eigenvalue weighted by Crippen LogP contribution is -2.51. The van der Waals surface area contributed by atoms with Gasteiger partial charge in [0.2, 0.25) is 0 Å². The third-order valence-electron chi connectivity index (χ3n) is 36.5. The zero-order valence-electron chi connectivity index (χ0n) is 76.3. The molecule has 0 radical (unpaired) electrons. The average molecular weight is 1450 g/mol. The highest BCUT2D eigenvalue weighted by atomic mass is 14.6. The first kappa shape index (κ1) is 87.4. The second kappa shape index (κ2) is 36.4. The van der Waals surface area contributed by atoms with Crippen molar-refractivity contribution >= 4 is 0 Å². The zero-order valence-corrected chi connectivity index (χ0v) is 76.3. The van der Waals surface area contributed by atoms with Crippen molar-refractivity contribution in [1.82, 2.24) is 0 Å². The minimum Gasteiger partial charge on any atom is -0.0599 e. The van der Waals surface area contributed by atoms with E-state index in [2.05, 4.69) is 166 Å². The van der Waals surface area contributed by atoms with E-state index in [0.29, 0.717) is 43.3 Å². The average Bonchev–Trinajstić information content (AvgIpc) is 1.22. The fraction of sp³-hybridized carbons (Fsp3) is 1.00. The molecule has 11 atom stereocenters. The lowest BCUT2D eigenvalue weighted by Gasteiger charge is -2.62. The van der Waals surface area contributed by atoms with E-state index in [9.17, 15) is 0 Å². The van der Waals surface area contributed by atoms with Crippen molar-refractivity contribution in [2.75, 3.05) is 0 Å². The first-order valence-electron chi connectivity index (χ1n) is 49.0. The molecule has 18 bridgehead atoms. The van der Waals surface area contributed by atoms with Crippen LogP contribution in [0.5, 0.6) is 0 Å². The van der Waals surface area contributed by atoms with E-state index in [1.54, 1.807) is 44.9 Å². The van der Waals surface area contributed by atoms with Gasteiger partial charge in [-0.2, -0.15) is 0 Å². The lowest BCUT2D eigenvalue weighted by molar-refractivity contribution is -0.113. The van der Waals surface area contributed by atoms with Crippen LogP contribution in [0, 0.1) is 191 Å². The Morgan fingerprint density at radius 1 is 0.171 bits per heavy atom. The van der Waals surface area contributed by atoms with Gasteiger partial charge in [0.15, 0.2) is 0 Å². The molecule has 105 heavy (non-hydrogen) atoms.